The van der Waals surface area contributed by atoms with E-state index in [4.69, 9.17) is 5.73 Å². The summed E-state index contributed by atoms with van der Waals surface area (Å²) in [5, 5.41) is 3.37. The van der Waals surface area contributed by atoms with Crippen molar-refractivity contribution in [1.82, 2.24) is 10.2 Å². The van der Waals surface area contributed by atoms with Gasteiger partial charge in [0.1, 0.15) is 0 Å². The van der Waals surface area contributed by atoms with Crippen LogP contribution in [-0.4, -0.2) is 36.1 Å². The Kier molecular flexibility index (Phi) is 3.60. The fourth-order valence-corrected chi connectivity index (χ4v) is 2.80. The number of nitrogens with zero attached hydrogens (tertiary/aromatic N) is 1. The van der Waals surface area contributed by atoms with Crippen LogP contribution in [0.5, 0.6) is 0 Å². The number of amides is 2. The molecule has 1 aliphatic rings. The fourth-order valence-electron chi connectivity index (χ4n) is 2.80. The molecule has 4 heteroatoms. The highest BCUT2D eigenvalue weighted by molar-refractivity contribution is 5.73. The van der Waals surface area contributed by atoms with Gasteiger partial charge in [0, 0.05) is 19.6 Å². The SMILES string of the molecule is CC(C)C1(C(C)C)CNCCN1C(N)=O. The summed E-state index contributed by atoms with van der Waals surface area (Å²) in [7, 11) is 0. The van der Waals surface area contributed by atoms with E-state index in [1.807, 2.05) is 4.90 Å². The van der Waals surface area contributed by atoms with Gasteiger partial charge in [0.05, 0.1) is 5.54 Å². The first-order valence-electron chi connectivity index (χ1n) is 5.70. The van der Waals surface area contributed by atoms with Crippen molar-refractivity contribution in [3.05, 3.63) is 0 Å². The van der Waals surface area contributed by atoms with Gasteiger partial charge in [-0.15, -0.1) is 0 Å². The molecule has 15 heavy (non-hydrogen) atoms. The molecule has 0 saturated carbocycles. The summed E-state index contributed by atoms with van der Waals surface area (Å²) in [5.41, 5.74) is 5.34. The van der Waals surface area contributed by atoms with Crippen LogP contribution in [0.3, 0.4) is 0 Å². The molecule has 0 aromatic rings. The second-order valence-corrected chi connectivity index (χ2v) is 4.97. The number of nitrogens with one attached hydrogen (secondary N) is 1. The van der Waals surface area contributed by atoms with E-state index in [9.17, 15) is 4.79 Å². The lowest BCUT2D eigenvalue weighted by Crippen LogP contribution is -2.69. The highest BCUT2D eigenvalue weighted by Gasteiger charge is 2.45. The van der Waals surface area contributed by atoms with Crippen LogP contribution in [0.1, 0.15) is 27.7 Å². The number of primary amides is 1. The van der Waals surface area contributed by atoms with Crippen molar-refractivity contribution in [2.75, 3.05) is 19.6 Å². The molecule has 1 saturated heterocycles. The number of hydrogen-bond acceptors (Lipinski definition) is 2. The van der Waals surface area contributed by atoms with Gasteiger partial charge in [-0.2, -0.15) is 0 Å². The molecule has 0 aromatic carbocycles. The molecule has 1 fully saturated rings. The Morgan fingerprint density at radius 1 is 1.33 bits per heavy atom. The number of rotatable bonds is 2. The maximum absolute atomic E-state index is 11.5. The van der Waals surface area contributed by atoms with E-state index in [2.05, 4.69) is 33.0 Å². The first-order chi connectivity index (χ1) is 6.93. The predicted octanol–water partition coefficient (Wildman–Crippen LogP) is 1.02. The van der Waals surface area contributed by atoms with Crippen LogP contribution in [-0.2, 0) is 0 Å². The van der Waals surface area contributed by atoms with Crippen molar-refractivity contribution in [1.29, 1.82) is 0 Å². The fraction of sp³-hybridized carbons (Fsp3) is 0.909. The first-order valence-corrected chi connectivity index (χ1v) is 5.70. The lowest BCUT2D eigenvalue weighted by Gasteiger charge is -2.52. The predicted molar refractivity (Wildman–Crippen MR) is 61.6 cm³/mol. The Balaban J connectivity index is 3.05. The summed E-state index contributed by atoms with van der Waals surface area (Å²) in [6.07, 6.45) is 0. The standard InChI is InChI=1S/C11H23N3O/c1-8(2)11(9(3)4)7-13-5-6-14(11)10(12)15/h8-9,13H,5-7H2,1-4H3,(H2,12,15). The molecule has 0 radical (unpaired) electrons. The topological polar surface area (TPSA) is 58.4 Å². The summed E-state index contributed by atoms with van der Waals surface area (Å²) in [4.78, 5) is 13.3. The molecule has 1 heterocycles. The van der Waals surface area contributed by atoms with Gasteiger partial charge in [0.2, 0.25) is 0 Å². The van der Waals surface area contributed by atoms with E-state index in [0.29, 0.717) is 18.4 Å². The zero-order valence-corrected chi connectivity index (χ0v) is 10.2. The average Bonchev–Trinajstić information content (AvgIpc) is 2.16. The van der Waals surface area contributed by atoms with Crippen molar-refractivity contribution >= 4 is 6.03 Å². The number of urea groups is 1. The summed E-state index contributed by atoms with van der Waals surface area (Å²) in [6, 6.07) is -0.293. The third-order valence-electron chi connectivity index (χ3n) is 3.69. The number of carbonyl (C=O) groups excluding carboxylic acids is 1. The van der Waals surface area contributed by atoms with Crippen LogP contribution in [0, 0.1) is 11.8 Å². The summed E-state index contributed by atoms with van der Waals surface area (Å²) < 4.78 is 0. The maximum Gasteiger partial charge on any atom is 0.315 e. The molecule has 0 atom stereocenters. The van der Waals surface area contributed by atoms with Crippen LogP contribution in [0.15, 0.2) is 0 Å². The summed E-state index contributed by atoms with van der Waals surface area (Å²) >= 11 is 0. The third kappa shape index (κ3) is 1.95. The number of carbonyl (C=O) groups is 1. The zero-order chi connectivity index (χ0) is 11.6. The lowest BCUT2D eigenvalue weighted by atomic mass is 9.74. The molecule has 2 amide bonds. The Hall–Kier alpha value is -0.770. The molecule has 0 unspecified atom stereocenters. The van der Waals surface area contributed by atoms with Crippen molar-refractivity contribution in [2.45, 2.75) is 33.2 Å². The van der Waals surface area contributed by atoms with Gasteiger partial charge in [0.25, 0.3) is 0 Å². The molecular weight excluding hydrogens is 190 g/mol. The van der Waals surface area contributed by atoms with Gasteiger partial charge in [-0.25, -0.2) is 4.79 Å². The molecule has 0 spiro atoms. The van der Waals surface area contributed by atoms with Crippen molar-refractivity contribution < 1.29 is 4.79 Å². The number of hydrogen-bond donors (Lipinski definition) is 2. The van der Waals surface area contributed by atoms with Crippen molar-refractivity contribution in [3.63, 3.8) is 0 Å². The smallest absolute Gasteiger partial charge is 0.315 e. The molecule has 1 aliphatic heterocycles. The van der Waals surface area contributed by atoms with Gasteiger partial charge in [-0.1, -0.05) is 27.7 Å². The maximum atomic E-state index is 11.5. The van der Waals surface area contributed by atoms with Crippen LogP contribution in [0.4, 0.5) is 4.79 Å². The van der Waals surface area contributed by atoms with Crippen LogP contribution in [0.2, 0.25) is 0 Å². The molecule has 3 N–H and O–H groups in total. The highest BCUT2D eigenvalue weighted by Crippen LogP contribution is 2.33. The molecule has 0 bridgehead atoms. The van der Waals surface area contributed by atoms with Crippen LogP contribution < -0.4 is 11.1 Å². The number of nitrogens with two attached hydrogens (primary N) is 1. The Morgan fingerprint density at radius 3 is 2.20 bits per heavy atom. The van der Waals surface area contributed by atoms with Gasteiger partial charge in [-0.05, 0) is 11.8 Å². The molecule has 0 aromatic heterocycles. The van der Waals surface area contributed by atoms with E-state index in [0.717, 1.165) is 13.1 Å². The van der Waals surface area contributed by atoms with Gasteiger partial charge < -0.3 is 16.0 Å². The van der Waals surface area contributed by atoms with E-state index in [1.54, 1.807) is 0 Å². The molecule has 4 nitrogen and oxygen atoms in total. The van der Waals surface area contributed by atoms with E-state index >= 15 is 0 Å². The van der Waals surface area contributed by atoms with Gasteiger partial charge in [0.15, 0.2) is 0 Å². The largest absolute Gasteiger partial charge is 0.351 e. The lowest BCUT2D eigenvalue weighted by molar-refractivity contribution is 0.0177. The van der Waals surface area contributed by atoms with E-state index in [1.165, 1.54) is 0 Å². The quantitative estimate of drug-likeness (QED) is 0.719. The van der Waals surface area contributed by atoms with Gasteiger partial charge >= 0.3 is 6.03 Å². The third-order valence-corrected chi connectivity index (χ3v) is 3.69. The minimum Gasteiger partial charge on any atom is -0.351 e. The second kappa shape index (κ2) is 4.39. The minimum atomic E-state index is -0.293. The van der Waals surface area contributed by atoms with E-state index < -0.39 is 0 Å². The van der Waals surface area contributed by atoms with Crippen LogP contribution in [0.25, 0.3) is 0 Å². The molecule has 1 rings (SSSR count). The minimum absolute atomic E-state index is 0.135. The molecule has 0 aliphatic carbocycles. The Morgan fingerprint density at radius 2 is 1.87 bits per heavy atom. The van der Waals surface area contributed by atoms with Crippen LogP contribution >= 0.6 is 0 Å². The highest BCUT2D eigenvalue weighted by atomic mass is 16.2. The van der Waals surface area contributed by atoms with Crippen molar-refractivity contribution in [3.8, 4) is 0 Å². The molecular formula is C11H23N3O. The van der Waals surface area contributed by atoms with E-state index in [-0.39, 0.29) is 11.6 Å². The number of piperazine rings is 1. The Bertz CT molecular complexity index is 230. The summed E-state index contributed by atoms with van der Waals surface area (Å²) in [6.45, 7) is 11.0. The monoisotopic (exact) mass is 213 g/mol. The van der Waals surface area contributed by atoms with Gasteiger partial charge in [-0.3, -0.25) is 0 Å². The summed E-state index contributed by atoms with van der Waals surface area (Å²) in [5.74, 6) is 0.801. The average molecular weight is 213 g/mol. The Labute approximate surface area is 92.2 Å². The first kappa shape index (κ1) is 12.3. The van der Waals surface area contributed by atoms with Crippen molar-refractivity contribution in [2.24, 2.45) is 17.6 Å². The second-order valence-electron chi connectivity index (χ2n) is 4.97. The zero-order valence-electron chi connectivity index (χ0n) is 10.2. The normalized spacial score (nSPS) is 21.1. The molecule has 88 valence electrons.